The van der Waals surface area contributed by atoms with Gasteiger partial charge in [0.25, 0.3) is 0 Å². The smallest absolute Gasteiger partial charge is 0.309 e. The van der Waals surface area contributed by atoms with Crippen molar-refractivity contribution in [2.45, 2.75) is 59.3 Å². The van der Waals surface area contributed by atoms with Gasteiger partial charge in [-0.2, -0.15) is 0 Å². The van der Waals surface area contributed by atoms with Crippen molar-refractivity contribution in [3.63, 3.8) is 0 Å². The van der Waals surface area contributed by atoms with E-state index in [-0.39, 0.29) is 0 Å². The van der Waals surface area contributed by atoms with Crippen LogP contribution in [0.25, 0.3) is 0 Å². The van der Waals surface area contributed by atoms with Crippen LogP contribution in [0.4, 0.5) is 0 Å². The fraction of sp³-hybridized carbons (Fsp3) is 1.00. The third kappa shape index (κ3) is 8.32. The van der Waals surface area contributed by atoms with Crippen LogP contribution in [0.15, 0.2) is 0 Å². The molecule has 3 nitrogen and oxygen atoms in total. The topological polar surface area (TPSA) is 35.5 Å². The molecule has 0 aromatic rings. The van der Waals surface area contributed by atoms with Crippen molar-refractivity contribution in [2.24, 2.45) is 0 Å². The first-order chi connectivity index (χ1) is 7.68. The monoisotopic (exact) mass is 250 g/mol. The predicted molar refractivity (Wildman–Crippen MR) is 69.1 cm³/mol. The molecule has 0 amide bonds. The van der Waals surface area contributed by atoms with E-state index < -0.39 is 7.60 Å². The molecule has 0 heterocycles. The van der Waals surface area contributed by atoms with E-state index in [0.29, 0.717) is 19.4 Å². The molecule has 0 aliphatic carbocycles. The summed E-state index contributed by atoms with van der Waals surface area (Å²) < 4.78 is 22.5. The van der Waals surface area contributed by atoms with Gasteiger partial charge in [-0.25, -0.2) is 0 Å². The fourth-order valence-corrected chi connectivity index (χ4v) is 3.38. The molecule has 98 valence electrons. The molecule has 16 heavy (non-hydrogen) atoms. The average molecular weight is 250 g/mol. The summed E-state index contributed by atoms with van der Waals surface area (Å²) in [5.41, 5.74) is 0. The lowest BCUT2D eigenvalue weighted by Gasteiger charge is -2.16. The minimum absolute atomic E-state index is 0.465. The zero-order valence-electron chi connectivity index (χ0n) is 11.0. The van der Waals surface area contributed by atoms with Crippen molar-refractivity contribution in [1.29, 1.82) is 0 Å². The molecule has 0 unspecified atom stereocenters. The Morgan fingerprint density at radius 3 is 1.81 bits per heavy atom. The largest absolute Gasteiger partial charge is 0.330 e. The molecule has 0 atom stereocenters. The first-order valence-corrected chi connectivity index (χ1v) is 8.29. The van der Waals surface area contributed by atoms with Crippen LogP contribution in [-0.2, 0) is 13.6 Å². The molecule has 0 rings (SSSR count). The summed E-state index contributed by atoms with van der Waals surface area (Å²) in [6.45, 7) is 6.85. The molecule has 0 fully saturated rings. The Balaban J connectivity index is 3.64. The molecule has 0 aromatic carbocycles. The van der Waals surface area contributed by atoms with Gasteiger partial charge in [0.2, 0.25) is 0 Å². The quantitative estimate of drug-likeness (QED) is 0.396. The highest BCUT2D eigenvalue weighted by Crippen LogP contribution is 2.48. The Labute approximate surface area is 100 Å². The van der Waals surface area contributed by atoms with Gasteiger partial charge in [-0.1, -0.05) is 39.0 Å². The van der Waals surface area contributed by atoms with Crippen molar-refractivity contribution in [2.75, 3.05) is 19.4 Å². The molecule has 0 saturated heterocycles. The second kappa shape index (κ2) is 10.3. The van der Waals surface area contributed by atoms with Gasteiger partial charge in [0, 0.05) is 0 Å². The van der Waals surface area contributed by atoms with Crippen LogP contribution in [0, 0.1) is 0 Å². The van der Waals surface area contributed by atoms with Crippen LogP contribution in [0.3, 0.4) is 0 Å². The molecule has 4 heteroatoms. The molecule has 0 spiro atoms. The lowest BCUT2D eigenvalue weighted by molar-refractivity contribution is 0.219. The molecular formula is C12H27O3P. The van der Waals surface area contributed by atoms with Crippen molar-refractivity contribution < 1.29 is 13.6 Å². The molecule has 0 aliphatic heterocycles. The van der Waals surface area contributed by atoms with Crippen LogP contribution >= 0.6 is 7.60 Å². The third-order valence-corrected chi connectivity index (χ3v) is 4.60. The predicted octanol–water partition coefficient (Wildman–Crippen LogP) is 4.61. The van der Waals surface area contributed by atoms with Gasteiger partial charge < -0.3 is 9.05 Å². The number of hydrogen-bond donors (Lipinski definition) is 0. The van der Waals surface area contributed by atoms with Gasteiger partial charge in [0.1, 0.15) is 0 Å². The zero-order valence-corrected chi connectivity index (χ0v) is 11.9. The van der Waals surface area contributed by atoms with Crippen LogP contribution in [-0.4, -0.2) is 19.4 Å². The summed E-state index contributed by atoms with van der Waals surface area (Å²) in [5, 5.41) is 0. The minimum Gasteiger partial charge on any atom is -0.309 e. The van der Waals surface area contributed by atoms with Crippen molar-refractivity contribution in [3.05, 3.63) is 0 Å². The van der Waals surface area contributed by atoms with E-state index >= 15 is 0 Å². The van der Waals surface area contributed by atoms with Crippen LogP contribution in [0.1, 0.15) is 59.3 Å². The summed E-state index contributed by atoms with van der Waals surface area (Å²) in [6, 6.07) is 0. The molecule has 0 aromatic heterocycles. The molecule has 0 aliphatic rings. The minimum atomic E-state index is -2.77. The summed E-state index contributed by atoms with van der Waals surface area (Å²) in [7, 11) is -2.77. The highest BCUT2D eigenvalue weighted by Gasteiger charge is 2.22. The van der Waals surface area contributed by atoms with E-state index in [1.807, 2.05) is 13.8 Å². The van der Waals surface area contributed by atoms with Crippen molar-refractivity contribution in [1.82, 2.24) is 0 Å². The highest BCUT2D eigenvalue weighted by atomic mass is 31.2. The standard InChI is InChI=1S/C12H27O3P/c1-4-7-8-9-10-11-12-16(13,14-5-2)15-6-3/h4-12H2,1-3H3. The van der Waals surface area contributed by atoms with Crippen molar-refractivity contribution in [3.8, 4) is 0 Å². The molecule has 0 N–H and O–H groups in total. The maximum Gasteiger partial charge on any atom is 0.330 e. The SMILES string of the molecule is CCCCCCCCP(=O)(OCC)OCC. The van der Waals surface area contributed by atoms with Gasteiger partial charge in [0.15, 0.2) is 0 Å². The second-order valence-electron chi connectivity index (χ2n) is 3.94. The number of unbranched alkanes of at least 4 members (excludes halogenated alkanes) is 5. The van der Waals surface area contributed by atoms with Gasteiger partial charge in [-0.05, 0) is 20.3 Å². The van der Waals surface area contributed by atoms with Gasteiger partial charge in [-0.15, -0.1) is 0 Å². The van der Waals surface area contributed by atoms with E-state index in [1.165, 1.54) is 25.7 Å². The Kier molecular flexibility index (Phi) is 10.4. The lowest BCUT2D eigenvalue weighted by Crippen LogP contribution is -2.00. The highest BCUT2D eigenvalue weighted by molar-refractivity contribution is 7.53. The molecule has 0 radical (unpaired) electrons. The fourth-order valence-electron chi connectivity index (χ4n) is 1.65. The summed E-state index contributed by atoms with van der Waals surface area (Å²) in [4.78, 5) is 0. The Morgan fingerprint density at radius 1 is 0.812 bits per heavy atom. The van der Waals surface area contributed by atoms with E-state index in [9.17, 15) is 4.57 Å². The first-order valence-electron chi connectivity index (χ1n) is 6.56. The van der Waals surface area contributed by atoms with E-state index in [0.717, 1.165) is 12.8 Å². The van der Waals surface area contributed by atoms with Gasteiger partial charge >= 0.3 is 7.60 Å². The van der Waals surface area contributed by atoms with Gasteiger partial charge in [0.05, 0.1) is 19.4 Å². The first kappa shape index (κ1) is 16.1. The Hall–Kier alpha value is 0.150. The Bertz CT molecular complexity index is 185. The summed E-state index contributed by atoms with van der Waals surface area (Å²) >= 11 is 0. The molecular weight excluding hydrogens is 223 g/mol. The maximum absolute atomic E-state index is 12.1. The molecule has 0 bridgehead atoms. The van der Waals surface area contributed by atoms with E-state index in [4.69, 9.17) is 9.05 Å². The maximum atomic E-state index is 12.1. The normalized spacial score (nSPS) is 11.9. The van der Waals surface area contributed by atoms with Gasteiger partial charge in [-0.3, -0.25) is 4.57 Å². The summed E-state index contributed by atoms with van der Waals surface area (Å²) in [6.07, 6.45) is 7.72. The zero-order chi connectivity index (χ0) is 12.3. The lowest BCUT2D eigenvalue weighted by atomic mass is 10.1. The van der Waals surface area contributed by atoms with Crippen molar-refractivity contribution >= 4 is 7.60 Å². The van der Waals surface area contributed by atoms with E-state index in [1.54, 1.807) is 0 Å². The number of rotatable bonds is 11. The average Bonchev–Trinajstić information content (AvgIpc) is 2.24. The Morgan fingerprint density at radius 2 is 1.31 bits per heavy atom. The van der Waals surface area contributed by atoms with Crippen LogP contribution in [0.2, 0.25) is 0 Å². The molecule has 0 saturated carbocycles. The third-order valence-electron chi connectivity index (χ3n) is 2.44. The summed E-state index contributed by atoms with van der Waals surface area (Å²) in [5.74, 6) is 0. The van der Waals surface area contributed by atoms with Crippen LogP contribution < -0.4 is 0 Å². The second-order valence-corrected chi connectivity index (χ2v) is 6.12. The van der Waals surface area contributed by atoms with E-state index in [2.05, 4.69) is 6.92 Å². The number of hydrogen-bond acceptors (Lipinski definition) is 3. The van der Waals surface area contributed by atoms with Crippen LogP contribution in [0.5, 0.6) is 0 Å².